The lowest BCUT2D eigenvalue weighted by molar-refractivity contribution is 0.913. The molecule has 0 aromatic carbocycles. The van der Waals surface area contributed by atoms with Crippen molar-refractivity contribution in [3.05, 3.63) is 24.7 Å². The number of fused-ring (bicyclic) bond motifs is 1. The highest BCUT2D eigenvalue weighted by Crippen LogP contribution is 2.18. The van der Waals surface area contributed by atoms with Gasteiger partial charge in [-0.15, -0.1) is 0 Å². The minimum Gasteiger partial charge on any atom is -0.373 e. The van der Waals surface area contributed by atoms with Gasteiger partial charge < -0.3 is 14.9 Å². The number of nitrogens with one attached hydrogen (secondary N) is 2. The zero-order valence-electron chi connectivity index (χ0n) is 9.60. The molecule has 0 saturated carbocycles. The van der Waals surface area contributed by atoms with Gasteiger partial charge in [-0.3, -0.25) is 0 Å². The molecule has 86 valence electrons. The summed E-state index contributed by atoms with van der Waals surface area (Å²) in [6.45, 7) is 0. The number of anilines is 1. The molecular weight excluding hydrogens is 216 g/mol. The lowest BCUT2D eigenvalue weighted by Gasteiger charge is -1.95. The van der Waals surface area contributed by atoms with E-state index in [9.17, 15) is 0 Å². The number of hydrogen-bond donors (Lipinski definition) is 2. The van der Waals surface area contributed by atoms with Gasteiger partial charge in [-0.25, -0.2) is 15.0 Å². The van der Waals surface area contributed by atoms with Gasteiger partial charge in [0.05, 0.1) is 11.8 Å². The molecule has 0 spiro atoms. The van der Waals surface area contributed by atoms with Crippen LogP contribution in [0.4, 0.5) is 5.82 Å². The van der Waals surface area contributed by atoms with E-state index in [1.165, 1.54) is 0 Å². The van der Waals surface area contributed by atoms with E-state index in [1.807, 2.05) is 37.0 Å². The molecule has 0 bridgehead atoms. The number of aromatic nitrogens is 5. The summed E-state index contributed by atoms with van der Waals surface area (Å²) in [5.41, 5.74) is 2.42. The molecule has 17 heavy (non-hydrogen) atoms. The number of aromatic amines is 1. The van der Waals surface area contributed by atoms with Crippen LogP contribution in [0.3, 0.4) is 0 Å². The quantitative estimate of drug-likeness (QED) is 0.695. The topological polar surface area (TPSA) is 71.4 Å². The van der Waals surface area contributed by atoms with E-state index >= 15 is 0 Å². The van der Waals surface area contributed by atoms with Gasteiger partial charge in [0, 0.05) is 20.3 Å². The third-order valence-corrected chi connectivity index (χ3v) is 2.55. The highest BCUT2D eigenvalue weighted by Gasteiger charge is 2.08. The van der Waals surface area contributed by atoms with Crippen LogP contribution in [0.1, 0.15) is 0 Å². The number of rotatable bonds is 2. The van der Waals surface area contributed by atoms with Crippen LogP contribution in [0.15, 0.2) is 24.7 Å². The van der Waals surface area contributed by atoms with E-state index < -0.39 is 0 Å². The lowest BCUT2D eigenvalue weighted by atomic mass is 10.4. The van der Waals surface area contributed by atoms with Gasteiger partial charge >= 0.3 is 0 Å². The Hall–Kier alpha value is -2.37. The average molecular weight is 228 g/mol. The molecule has 0 saturated heterocycles. The predicted molar refractivity (Wildman–Crippen MR) is 65.6 cm³/mol. The summed E-state index contributed by atoms with van der Waals surface area (Å²) >= 11 is 0. The van der Waals surface area contributed by atoms with Gasteiger partial charge in [-0.05, 0) is 12.1 Å². The summed E-state index contributed by atoms with van der Waals surface area (Å²) in [6.07, 6.45) is 3.66. The summed E-state index contributed by atoms with van der Waals surface area (Å²) in [7, 11) is 3.76. The number of H-pyrrole nitrogens is 1. The molecule has 0 radical (unpaired) electrons. The van der Waals surface area contributed by atoms with Crippen LogP contribution in [0.5, 0.6) is 0 Å². The number of hydrogen-bond acceptors (Lipinski definition) is 4. The molecular formula is C11H12N6. The number of nitrogens with zero attached hydrogens (tertiary/aromatic N) is 4. The molecule has 3 rings (SSSR count). The summed E-state index contributed by atoms with van der Waals surface area (Å²) in [6, 6.07) is 3.86. The zero-order chi connectivity index (χ0) is 11.8. The van der Waals surface area contributed by atoms with Crippen molar-refractivity contribution in [2.45, 2.75) is 0 Å². The van der Waals surface area contributed by atoms with Gasteiger partial charge in [0.1, 0.15) is 11.5 Å². The largest absolute Gasteiger partial charge is 0.373 e. The van der Waals surface area contributed by atoms with E-state index in [2.05, 4.69) is 25.3 Å². The van der Waals surface area contributed by atoms with Gasteiger partial charge in [0.25, 0.3) is 0 Å². The van der Waals surface area contributed by atoms with Crippen LogP contribution >= 0.6 is 0 Å². The summed E-state index contributed by atoms with van der Waals surface area (Å²) in [4.78, 5) is 16.2. The standard InChI is InChI=1S/C11H12N6/c1-12-9-4-3-7-10(15-9)16-11(14-7)8-5-17(2)6-13-8/h3-6H,1-2H3,(H2,12,14,15,16). The van der Waals surface area contributed by atoms with Crippen molar-refractivity contribution < 1.29 is 0 Å². The van der Waals surface area contributed by atoms with E-state index in [1.54, 1.807) is 6.33 Å². The van der Waals surface area contributed by atoms with Crippen LogP contribution in [0, 0.1) is 0 Å². The Morgan fingerprint density at radius 2 is 2.18 bits per heavy atom. The fourth-order valence-electron chi connectivity index (χ4n) is 1.69. The highest BCUT2D eigenvalue weighted by molar-refractivity contribution is 5.76. The fraction of sp³-hybridized carbons (Fsp3) is 0.182. The van der Waals surface area contributed by atoms with Crippen molar-refractivity contribution in [3.63, 3.8) is 0 Å². The Morgan fingerprint density at radius 3 is 2.88 bits per heavy atom. The monoisotopic (exact) mass is 228 g/mol. The Balaban J connectivity index is 2.13. The third kappa shape index (κ3) is 1.63. The molecule has 0 unspecified atom stereocenters. The first kappa shape index (κ1) is 9.83. The number of pyridine rings is 1. The summed E-state index contributed by atoms with van der Waals surface area (Å²) < 4.78 is 1.88. The molecule has 0 aliphatic heterocycles. The molecule has 3 aromatic rings. The maximum atomic E-state index is 4.42. The fourth-order valence-corrected chi connectivity index (χ4v) is 1.69. The highest BCUT2D eigenvalue weighted by atomic mass is 15.1. The van der Waals surface area contributed by atoms with E-state index in [0.717, 1.165) is 22.9 Å². The van der Waals surface area contributed by atoms with Crippen LogP contribution in [-0.2, 0) is 7.05 Å². The van der Waals surface area contributed by atoms with Crippen molar-refractivity contribution in [1.29, 1.82) is 0 Å². The molecule has 0 fully saturated rings. The molecule has 6 nitrogen and oxygen atoms in total. The van der Waals surface area contributed by atoms with Gasteiger partial charge in [0.15, 0.2) is 11.5 Å². The van der Waals surface area contributed by atoms with E-state index in [0.29, 0.717) is 5.65 Å². The van der Waals surface area contributed by atoms with Crippen LogP contribution in [0.25, 0.3) is 22.7 Å². The minimum atomic E-state index is 0.692. The average Bonchev–Trinajstić information content (AvgIpc) is 2.93. The molecule has 0 amide bonds. The SMILES string of the molecule is CNc1ccc2[nH]c(-c3cn(C)cn3)nc2n1. The first-order chi connectivity index (χ1) is 8.26. The molecule has 2 N–H and O–H groups in total. The number of aryl methyl sites for hydroxylation is 1. The smallest absolute Gasteiger partial charge is 0.180 e. The molecule has 3 aromatic heterocycles. The second kappa shape index (κ2) is 3.58. The van der Waals surface area contributed by atoms with E-state index in [4.69, 9.17) is 0 Å². The molecule has 0 atom stereocenters. The Bertz CT molecular complexity index is 665. The minimum absolute atomic E-state index is 0.692. The van der Waals surface area contributed by atoms with Crippen molar-refractivity contribution >= 4 is 17.0 Å². The van der Waals surface area contributed by atoms with Crippen molar-refractivity contribution in [2.24, 2.45) is 7.05 Å². The Labute approximate surface area is 97.7 Å². The Morgan fingerprint density at radius 1 is 1.29 bits per heavy atom. The number of imidazole rings is 2. The maximum Gasteiger partial charge on any atom is 0.180 e. The Kier molecular flexibility index (Phi) is 2.07. The third-order valence-electron chi connectivity index (χ3n) is 2.55. The van der Waals surface area contributed by atoms with E-state index in [-0.39, 0.29) is 0 Å². The van der Waals surface area contributed by atoms with Crippen LogP contribution in [-0.4, -0.2) is 31.6 Å². The summed E-state index contributed by atoms with van der Waals surface area (Å²) in [5, 5.41) is 2.99. The summed E-state index contributed by atoms with van der Waals surface area (Å²) in [5.74, 6) is 1.54. The predicted octanol–water partition coefficient (Wildman–Crippen LogP) is 1.40. The van der Waals surface area contributed by atoms with Crippen LogP contribution < -0.4 is 5.32 Å². The second-order valence-corrected chi connectivity index (χ2v) is 3.83. The first-order valence-corrected chi connectivity index (χ1v) is 5.29. The molecule has 0 aliphatic rings. The first-order valence-electron chi connectivity index (χ1n) is 5.29. The molecule has 3 heterocycles. The van der Waals surface area contributed by atoms with Crippen LogP contribution in [0.2, 0.25) is 0 Å². The maximum absolute atomic E-state index is 4.42. The van der Waals surface area contributed by atoms with Gasteiger partial charge in [-0.1, -0.05) is 0 Å². The van der Waals surface area contributed by atoms with Crippen molar-refractivity contribution in [1.82, 2.24) is 24.5 Å². The molecule has 6 heteroatoms. The van der Waals surface area contributed by atoms with Gasteiger partial charge in [0.2, 0.25) is 0 Å². The lowest BCUT2D eigenvalue weighted by Crippen LogP contribution is -1.91. The van der Waals surface area contributed by atoms with Crippen molar-refractivity contribution in [3.8, 4) is 11.5 Å². The zero-order valence-corrected chi connectivity index (χ0v) is 9.60. The van der Waals surface area contributed by atoms with Gasteiger partial charge in [-0.2, -0.15) is 0 Å². The second-order valence-electron chi connectivity index (χ2n) is 3.83. The van der Waals surface area contributed by atoms with Crippen molar-refractivity contribution in [2.75, 3.05) is 12.4 Å². The normalized spacial score (nSPS) is 10.9. The molecule has 0 aliphatic carbocycles.